The van der Waals surface area contributed by atoms with Gasteiger partial charge in [0, 0.05) is 17.9 Å². The number of carbonyl (C=O) groups is 2. The number of hydrogen-bond acceptors (Lipinski definition) is 6. The van der Waals surface area contributed by atoms with Gasteiger partial charge in [0.1, 0.15) is 5.82 Å². The first kappa shape index (κ1) is 20.6. The topological polar surface area (TPSA) is 71.9 Å². The quantitative estimate of drug-likeness (QED) is 0.430. The fourth-order valence-corrected chi connectivity index (χ4v) is 4.12. The van der Waals surface area contributed by atoms with Crippen LogP contribution >= 0.6 is 11.3 Å². The van der Waals surface area contributed by atoms with Gasteiger partial charge in [-0.1, -0.05) is 24.3 Å². The fourth-order valence-electron chi connectivity index (χ4n) is 3.29. The predicted octanol–water partition coefficient (Wildman–Crippen LogP) is 4.93. The summed E-state index contributed by atoms with van der Waals surface area (Å²) in [5, 5.41) is 2.21. The lowest BCUT2D eigenvalue weighted by atomic mass is 10.1. The fraction of sp³-hybridized carbons (Fsp3) is 0.130. The Morgan fingerprint density at radius 1 is 1.16 bits per heavy atom. The number of carbonyl (C=O) groups excluding carboxylic acids is 2. The largest absolute Gasteiger partial charge is 0.402 e. The van der Waals surface area contributed by atoms with Crippen molar-refractivity contribution in [2.75, 3.05) is 4.90 Å². The van der Waals surface area contributed by atoms with Crippen LogP contribution in [0.25, 0.3) is 6.08 Å². The zero-order valence-electron chi connectivity index (χ0n) is 17.0. The molecule has 156 valence electrons. The molecule has 0 atom stereocenters. The van der Waals surface area contributed by atoms with Crippen LogP contribution in [0.4, 0.5) is 15.2 Å². The molecule has 0 spiro atoms. The molecular weight excluding hydrogens is 417 g/mol. The average Bonchev–Trinajstić information content (AvgIpc) is 3.32. The average molecular weight is 435 g/mol. The van der Waals surface area contributed by atoms with E-state index in [1.807, 2.05) is 32.0 Å². The van der Waals surface area contributed by atoms with Gasteiger partial charge in [-0.05, 0) is 49.2 Å². The van der Waals surface area contributed by atoms with Crippen LogP contribution in [-0.4, -0.2) is 22.8 Å². The highest BCUT2D eigenvalue weighted by molar-refractivity contribution is 7.14. The molecule has 31 heavy (non-hydrogen) atoms. The molecule has 0 N–H and O–H groups in total. The van der Waals surface area contributed by atoms with Crippen LogP contribution in [0, 0.1) is 19.7 Å². The highest BCUT2D eigenvalue weighted by Crippen LogP contribution is 2.34. The maximum absolute atomic E-state index is 13.5. The Hall–Kier alpha value is -3.65. The van der Waals surface area contributed by atoms with Gasteiger partial charge in [0.05, 0.1) is 11.4 Å². The van der Waals surface area contributed by atoms with E-state index in [9.17, 15) is 14.0 Å². The molecule has 1 aliphatic rings. The Morgan fingerprint density at radius 2 is 1.87 bits per heavy atom. The molecule has 0 bridgehead atoms. The van der Waals surface area contributed by atoms with Gasteiger partial charge in [-0.3, -0.25) is 9.69 Å². The maximum Gasteiger partial charge on any atom is 0.363 e. The van der Waals surface area contributed by atoms with Crippen molar-refractivity contribution in [2.24, 2.45) is 4.99 Å². The lowest BCUT2D eigenvalue weighted by Gasteiger charge is -2.22. The molecule has 3 aromatic rings. The van der Waals surface area contributed by atoms with Crippen molar-refractivity contribution in [2.45, 2.75) is 20.8 Å². The molecule has 0 saturated heterocycles. The van der Waals surface area contributed by atoms with Crippen molar-refractivity contribution in [1.29, 1.82) is 0 Å². The number of nitrogens with zero attached hydrogens (tertiary/aromatic N) is 3. The second-order valence-electron chi connectivity index (χ2n) is 7.00. The van der Waals surface area contributed by atoms with Gasteiger partial charge in [0.25, 0.3) is 0 Å². The van der Waals surface area contributed by atoms with E-state index in [4.69, 9.17) is 4.74 Å². The van der Waals surface area contributed by atoms with E-state index in [1.54, 1.807) is 16.3 Å². The van der Waals surface area contributed by atoms with Crippen molar-refractivity contribution in [3.05, 3.63) is 81.7 Å². The number of halogens is 1. The van der Waals surface area contributed by atoms with Crippen LogP contribution in [-0.2, 0) is 14.3 Å². The third-order valence-electron chi connectivity index (χ3n) is 4.66. The smallest absolute Gasteiger partial charge is 0.363 e. The van der Waals surface area contributed by atoms with E-state index >= 15 is 0 Å². The van der Waals surface area contributed by atoms with Crippen molar-refractivity contribution < 1.29 is 18.7 Å². The van der Waals surface area contributed by atoms with E-state index in [1.165, 1.54) is 42.5 Å². The van der Waals surface area contributed by atoms with Crippen LogP contribution in [0.3, 0.4) is 0 Å². The van der Waals surface area contributed by atoms with Crippen molar-refractivity contribution >= 4 is 46.0 Å². The minimum Gasteiger partial charge on any atom is -0.402 e. The summed E-state index contributed by atoms with van der Waals surface area (Å²) in [7, 11) is 0. The van der Waals surface area contributed by atoms with Crippen molar-refractivity contribution in [1.82, 2.24) is 4.98 Å². The number of rotatable bonds is 4. The van der Waals surface area contributed by atoms with Gasteiger partial charge in [-0.2, -0.15) is 0 Å². The second-order valence-corrected chi connectivity index (χ2v) is 7.83. The van der Waals surface area contributed by atoms with E-state index in [0.29, 0.717) is 16.4 Å². The Morgan fingerprint density at radius 3 is 2.55 bits per heavy atom. The van der Waals surface area contributed by atoms with E-state index in [-0.39, 0.29) is 17.5 Å². The van der Waals surface area contributed by atoms with E-state index in [0.717, 1.165) is 16.8 Å². The third-order valence-corrected chi connectivity index (χ3v) is 5.50. The second kappa shape index (κ2) is 8.23. The number of ether oxygens (including phenoxy) is 1. The SMILES string of the molecule is CC(=O)N(c1nc(C=C2N=C(c3cccc(F)c3)OC2=O)cs1)c1c(C)cccc1C. The molecule has 6 nitrogen and oxygen atoms in total. The summed E-state index contributed by atoms with van der Waals surface area (Å²) >= 11 is 1.28. The zero-order valence-corrected chi connectivity index (χ0v) is 17.9. The summed E-state index contributed by atoms with van der Waals surface area (Å²) in [4.78, 5) is 34.9. The van der Waals surface area contributed by atoms with Crippen LogP contribution in [0.5, 0.6) is 0 Å². The van der Waals surface area contributed by atoms with Gasteiger partial charge >= 0.3 is 5.97 Å². The zero-order chi connectivity index (χ0) is 22.1. The van der Waals surface area contributed by atoms with E-state index < -0.39 is 11.8 Å². The molecule has 4 rings (SSSR count). The monoisotopic (exact) mass is 435 g/mol. The Balaban J connectivity index is 1.67. The van der Waals surface area contributed by atoms with Crippen LogP contribution < -0.4 is 4.90 Å². The van der Waals surface area contributed by atoms with Gasteiger partial charge in [0.15, 0.2) is 10.8 Å². The Labute approximate surface area is 182 Å². The molecule has 0 fully saturated rings. The standard InChI is InChI=1S/C23H18FN3O3S/c1-13-6-4-7-14(2)20(13)27(15(3)28)23-25-18(12-31-23)11-19-22(29)30-21(26-19)16-8-5-9-17(24)10-16/h4-12H,1-3H3. The molecule has 1 aliphatic heterocycles. The molecule has 8 heteroatoms. The highest BCUT2D eigenvalue weighted by atomic mass is 32.1. The first-order valence-electron chi connectivity index (χ1n) is 9.44. The Bertz CT molecular complexity index is 1240. The molecule has 2 aromatic carbocycles. The maximum atomic E-state index is 13.5. The van der Waals surface area contributed by atoms with Gasteiger partial charge in [-0.25, -0.2) is 19.2 Å². The summed E-state index contributed by atoms with van der Waals surface area (Å²) in [6.07, 6.45) is 1.48. The normalized spacial score (nSPS) is 14.5. The summed E-state index contributed by atoms with van der Waals surface area (Å²) in [5.74, 6) is -1.23. The van der Waals surface area contributed by atoms with Crippen LogP contribution in [0.2, 0.25) is 0 Å². The first-order valence-corrected chi connectivity index (χ1v) is 10.3. The predicted molar refractivity (Wildman–Crippen MR) is 118 cm³/mol. The van der Waals surface area contributed by atoms with Crippen molar-refractivity contribution in [3.63, 3.8) is 0 Å². The van der Waals surface area contributed by atoms with Crippen LogP contribution in [0.15, 0.2) is 58.5 Å². The summed E-state index contributed by atoms with van der Waals surface area (Å²) < 4.78 is 18.6. The molecular formula is C23H18FN3O3S. The number of thiazole rings is 1. The number of benzene rings is 2. The number of amides is 1. The van der Waals surface area contributed by atoms with Gasteiger partial charge in [-0.15, -0.1) is 11.3 Å². The molecule has 0 saturated carbocycles. The molecule has 0 radical (unpaired) electrons. The molecule has 0 aliphatic carbocycles. The number of aliphatic imine (C=N–C) groups is 1. The molecule has 1 amide bonds. The van der Waals surface area contributed by atoms with Crippen molar-refractivity contribution in [3.8, 4) is 0 Å². The number of aryl methyl sites for hydroxylation is 2. The number of esters is 1. The summed E-state index contributed by atoms with van der Waals surface area (Å²) in [6, 6.07) is 11.5. The van der Waals surface area contributed by atoms with E-state index in [2.05, 4.69) is 9.98 Å². The number of aromatic nitrogens is 1. The summed E-state index contributed by atoms with van der Waals surface area (Å²) in [5.41, 5.74) is 3.58. The molecule has 1 aromatic heterocycles. The lowest BCUT2D eigenvalue weighted by Crippen LogP contribution is -2.24. The molecule has 0 unspecified atom stereocenters. The minimum absolute atomic E-state index is 0.0344. The van der Waals surface area contributed by atoms with Crippen LogP contribution in [0.1, 0.15) is 29.3 Å². The first-order chi connectivity index (χ1) is 14.8. The Kier molecular flexibility index (Phi) is 5.48. The summed E-state index contributed by atoms with van der Waals surface area (Å²) in [6.45, 7) is 5.35. The number of anilines is 2. The minimum atomic E-state index is -0.646. The molecule has 2 heterocycles. The third kappa shape index (κ3) is 4.15. The number of hydrogen-bond donors (Lipinski definition) is 0. The number of cyclic esters (lactones) is 1. The van der Waals surface area contributed by atoms with Gasteiger partial charge < -0.3 is 4.74 Å². The number of para-hydroxylation sites is 1. The van der Waals surface area contributed by atoms with Gasteiger partial charge in [0.2, 0.25) is 11.8 Å². The highest BCUT2D eigenvalue weighted by Gasteiger charge is 2.26. The lowest BCUT2D eigenvalue weighted by molar-refractivity contribution is -0.130.